The lowest BCUT2D eigenvalue weighted by Crippen LogP contribution is -2.34. The Hall–Kier alpha value is -0.740. The van der Waals surface area contributed by atoms with E-state index in [0.717, 1.165) is 31.7 Å². The number of rotatable bonds is 2. The number of halogens is 1. The fourth-order valence-corrected chi connectivity index (χ4v) is 2.04. The quantitative estimate of drug-likeness (QED) is 0.867. The van der Waals surface area contributed by atoms with Gasteiger partial charge in [-0.05, 0) is 54.0 Å². The molecule has 1 aliphatic rings. The minimum Gasteiger partial charge on any atom is -0.507 e. The Morgan fingerprint density at radius 3 is 2.80 bits per heavy atom. The summed E-state index contributed by atoms with van der Waals surface area (Å²) >= 11 is 3.32. The fraction of sp³-hybridized carbons (Fsp3) is 0.455. The van der Waals surface area contributed by atoms with Crippen LogP contribution in [0.15, 0.2) is 22.7 Å². The van der Waals surface area contributed by atoms with Crippen LogP contribution in [0.5, 0.6) is 11.5 Å². The lowest BCUT2D eigenvalue weighted by Gasteiger charge is -2.24. The third-order valence-electron chi connectivity index (χ3n) is 2.52. The van der Waals surface area contributed by atoms with Crippen LogP contribution in [0.2, 0.25) is 0 Å². The largest absolute Gasteiger partial charge is 0.507 e. The number of hydrogen-bond acceptors (Lipinski definition) is 3. The third-order valence-corrected chi connectivity index (χ3v) is 3.32. The van der Waals surface area contributed by atoms with Crippen molar-refractivity contribution in [1.82, 2.24) is 5.32 Å². The molecule has 1 aromatic carbocycles. The normalized spacial score (nSPS) is 17.7. The summed E-state index contributed by atoms with van der Waals surface area (Å²) in [6.45, 7) is 2.00. The van der Waals surface area contributed by atoms with E-state index < -0.39 is 0 Å². The van der Waals surface area contributed by atoms with E-state index in [1.807, 2.05) is 6.07 Å². The molecule has 0 aromatic heterocycles. The van der Waals surface area contributed by atoms with Crippen LogP contribution in [0.4, 0.5) is 0 Å². The average Bonchev–Trinajstić information content (AvgIpc) is 2.26. The highest BCUT2D eigenvalue weighted by atomic mass is 79.9. The van der Waals surface area contributed by atoms with Gasteiger partial charge in [0.1, 0.15) is 22.1 Å². The number of phenols is 1. The monoisotopic (exact) mass is 271 g/mol. The summed E-state index contributed by atoms with van der Waals surface area (Å²) in [5, 5.41) is 12.8. The molecule has 0 atom stereocenters. The van der Waals surface area contributed by atoms with E-state index in [2.05, 4.69) is 21.2 Å². The molecule has 1 heterocycles. The molecule has 15 heavy (non-hydrogen) atoms. The Labute approximate surface area is 97.6 Å². The van der Waals surface area contributed by atoms with Gasteiger partial charge in [-0.15, -0.1) is 0 Å². The topological polar surface area (TPSA) is 41.5 Å². The standard InChI is InChI=1S/C11H14BrNO2/c12-11-9(14)2-1-3-10(11)15-8-4-6-13-7-5-8/h1-3,8,13-14H,4-7H2. The van der Waals surface area contributed by atoms with Gasteiger partial charge in [-0.2, -0.15) is 0 Å². The van der Waals surface area contributed by atoms with Crippen molar-refractivity contribution in [2.45, 2.75) is 18.9 Å². The summed E-state index contributed by atoms with van der Waals surface area (Å²) in [6, 6.07) is 5.29. The van der Waals surface area contributed by atoms with Crippen molar-refractivity contribution in [3.63, 3.8) is 0 Å². The molecule has 4 heteroatoms. The van der Waals surface area contributed by atoms with Crippen molar-refractivity contribution in [2.75, 3.05) is 13.1 Å². The molecular formula is C11H14BrNO2. The summed E-state index contributed by atoms with van der Waals surface area (Å²) in [5.41, 5.74) is 0. The fourth-order valence-electron chi connectivity index (χ4n) is 1.68. The highest BCUT2D eigenvalue weighted by Crippen LogP contribution is 2.34. The van der Waals surface area contributed by atoms with E-state index in [-0.39, 0.29) is 11.9 Å². The molecular weight excluding hydrogens is 258 g/mol. The second-order valence-corrected chi connectivity index (χ2v) is 4.45. The van der Waals surface area contributed by atoms with E-state index in [1.54, 1.807) is 12.1 Å². The van der Waals surface area contributed by atoms with Crippen LogP contribution in [-0.4, -0.2) is 24.3 Å². The maximum absolute atomic E-state index is 9.49. The van der Waals surface area contributed by atoms with Crippen molar-refractivity contribution in [1.29, 1.82) is 0 Å². The van der Waals surface area contributed by atoms with Crippen LogP contribution in [0.3, 0.4) is 0 Å². The van der Waals surface area contributed by atoms with Gasteiger partial charge in [0, 0.05) is 0 Å². The summed E-state index contributed by atoms with van der Waals surface area (Å²) < 4.78 is 6.46. The molecule has 82 valence electrons. The summed E-state index contributed by atoms with van der Waals surface area (Å²) in [5.74, 6) is 0.948. The average molecular weight is 272 g/mol. The van der Waals surface area contributed by atoms with E-state index in [1.165, 1.54) is 0 Å². The van der Waals surface area contributed by atoms with Crippen LogP contribution in [0.1, 0.15) is 12.8 Å². The number of nitrogens with one attached hydrogen (secondary N) is 1. The molecule has 0 spiro atoms. The molecule has 1 saturated heterocycles. The first kappa shape index (κ1) is 10.8. The van der Waals surface area contributed by atoms with Gasteiger partial charge in [0.2, 0.25) is 0 Å². The van der Waals surface area contributed by atoms with Gasteiger partial charge < -0.3 is 15.2 Å². The zero-order valence-corrected chi connectivity index (χ0v) is 9.96. The lowest BCUT2D eigenvalue weighted by atomic mass is 10.1. The molecule has 0 bridgehead atoms. The van der Waals surface area contributed by atoms with Crippen LogP contribution in [-0.2, 0) is 0 Å². The number of hydrogen-bond donors (Lipinski definition) is 2. The number of phenolic OH excluding ortho intramolecular Hbond substituents is 1. The SMILES string of the molecule is Oc1cccc(OC2CCNCC2)c1Br. The van der Waals surface area contributed by atoms with E-state index >= 15 is 0 Å². The first-order chi connectivity index (χ1) is 7.27. The molecule has 0 aliphatic carbocycles. The molecule has 0 saturated carbocycles. The minimum absolute atomic E-state index is 0.224. The number of aromatic hydroxyl groups is 1. The molecule has 2 N–H and O–H groups in total. The second kappa shape index (κ2) is 4.86. The number of piperidine rings is 1. The maximum Gasteiger partial charge on any atom is 0.137 e. The molecule has 1 fully saturated rings. The Balaban J connectivity index is 2.06. The lowest BCUT2D eigenvalue weighted by molar-refractivity contribution is 0.161. The third kappa shape index (κ3) is 2.63. The highest BCUT2D eigenvalue weighted by Gasteiger charge is 2.16. The van der Waals surface area contributed by atoms with Gasteiger partial charge in [0.05, 0.1) is 0 Å². The highest BCUT2D eigenvalue weighted by molar-refractivity contribution is 9.10. The van der Waals surface area contributed by atoms with Crippen molar-refractivity contribution in [2.24, 2.45) is 0 Å². The van der Waals surface area contributed by atoms with Crippen LogP contribution in [0.25, 0.3) is 0 Å². The summed E-state index contributed by atoms with van der Waals surface area (Å²) in [4.78, 5) is 0. The smallest absolute Gasteiger partial charge is 0.137 e. The number of ether oxygens (including phenoxy) is 1. The van der Waals surface area contributed by atoms with E-state index in [9.17, 15) is 5.11 Å². The predicted molar refractivity (Wildman–Crippen MR) is 62.3 cm³/mol. The van der Waals surface area contributed by atoms with Gasteiger partial charge >= 0.3 is 0 Å². The number of benzene rings is 1. The van der Waals surface area contributed by atoms with Gasteiger partial charge in [0.25, 0.3) is 0 Å². The zero-order chi connectivity index (χ0) is 10.7. The molecule has 0 unspecified atom stereocenters. The zero-order valence-electron chi connectivity index (χ0n) is 8.37. The van der Waals surface area contributed by atoms with Crippen LogP contribution < -0.4 is 10.1 Å². The van der Waals surface area contributed by atoms with Crippen LogP contribution in [0, 0.1) is 0 Å². The van der Waals surface area contributed by atoms with Crippen molar-refractivity contribution >= 4 is 15.9 Å². The van der Waals surface area contributed by atoms with Crippen molar-refractivity contribution < 1.29 is 9.84 Å². The second-order valence-electron chi connectivity index (χ2n) is 3.66. The van der Waals surface area contributed by atoms with Gasteiger partial charge in [0.15, 0.2) is 0 Å². The molecule has 3 nitrogen and oxygen atoms in total. The van der Waals surface area contributed by atoms with Crippen molar-refractivity contribution in [3.8, 4) is 11.5 Å². The summed E-state index contributed by atoms with van der Waals surface area (Å²) in [6.07, 6.45) is 2.29. The predicted octanol–water partition coefficient (Wildman–Crippen LogP) is 2.29. The van der Waals surface area contributed by atoms with Gasteiger partial charge in [-0.25, -0.2) is 0 Å². The van der Waals surface area contributed by atoms with E-state index in [4.69, 9.17) is 4.74 Å². The summed E-state index contributed by atoms with van der Waals surface area (Å²) in [7, 11) is 0. The Morgan fingerprint density at radius 2 is 2.07 bits per heavy atom. The van der Waals surface area contributed by atoms with Gasteiger partial charge in [-0.3, -0.25) is 0 Å². The Bertz CT molecular complexity index is 337. The molecule has 1 aliphatic heterocycles. The Morgan fingerprint density at radius 1 is 1.33 bits per heavy atom. The first-order valence-corrected chi connectivity index (χ1v) is 5.91. The molecule has 0 radical (unpaired) electrons. The minimum atomic E-state index is 0.224. The first-order valence-electron chi connectivity index (χ1n) is 5.12. The molecule has 1 aromatic rings. The molecule has 2 rings (SSSR count). The van der Waals surface area contributed by atoms with Crippen molar-refractivity contribution in [3.05, 3.63) is 22.7 Å². The Kier molecular flexibility index (Phi) is 3.49. The van der Waals surface area contributed by atoms with Crippen LogP contribution >= 0.6 is 15.9 Å². The molecule has 0 amide bonds. The van der Waals surface area contributed by atoms with Gasteiger partial charge in [-0.1, -0.05) is 6.07 Å². The van der Waals surface area contributed by atoms with E-state index in [0.29, 0.717) is 4.47 Å². The maximum atomic E-state index is 9.49.